The second-order valence-corrected chi connectivity index (χ2v) is 9.56. The first-order valence-electron chi connectivity index (χ1n) is 9.33. The molecule has 3 rings (SSSR count). The lowest BCUT2D eigenvalue weighted by Gasteiger charge is -2.43. The van der Waals surface area contributed by atoms with Gasteiger partial charge in [0.2, 0.25) is 5.91 Å². The molecule has 0 aliphatic heterocycles. The van der Waals surface area contributed by atoms with Gasteiger partial charge < -0.3 is 11.1 Å². The molecule has 2 aliphatic carbocycles. The van der Waals surface area contributed by atoms with Gasteiger partial charge in [-0.25, -0.2) is 4.98 Å². The van der Waals surface area contributed by atoms with Crippen LogP contribution in [0.5, 0.6) is 0 Å². The van der Waals surface area contributed by atoms with Gasteiger partial charge in [-0.3, -0.25) is 4.79 Å². The first-order chi connectivity index (χ1) is 11.3. The van der Waals surface area contributed by atoms with Crippen molar-refractivity contribution in [1.82, 2.24) is 10.3 Å². The van der Waals surface area contributed by atoms with Gasteiger partial charge >= 0.3 is 0 Å². The van der Waals surface area contributed by atoms with Gasteiger partial charge in [0.05, 0.1) is 10.7 Å². The van der Waals surface area contributed by atoms with E-state index in [4.69, 9.17) is 10.7 Å². The van der Waals surface area contributed by atoms with Crippen LogP contribution in [-0.2, 0) is 16.6 Å². The Morgan fingerprint density at radius 2 is 2.00 bits per heavy atom. The lowest BCUT2D eigenvalue weighted by atomic mass is 9.65. The third kappa shape index (κ3) is 3.99. The highest BCUT2D eigenvalue weighted by Gasteiger charge is 2.40. The van der Waals surface area contributed by atoms with Crippen molar-refractivity contribution in [3.63, 3.8) is 0 Å². The van der Waals surface area contributed by atoms with E-state index in [0.29, 0.717) is 24.4 Å². The topological polar surface area (TPSA) is 68.0 Å². The maximum Gasteiger partial charge on any atom is 0.223 e. The summed E-state index contributed by atoms with van der Waals surface area (Å²) in [4.78, 5) is 17.2. The van der Waals surface area contributed by atoms with Gasteiger partial charge in [0, 0.05) is 35.7 Å². The van der Waals surface area contributed by atoms with Crippen molar-refractivity contribution in [2.45, 2.75) is 70.8 Å². The smallest absolute Gasteiger partial charge is 0.223 e. The predicted octanol–water partition coefficient (Wildman–Crippen LogP) is 3.25. The molecule has 0 radical (unpaired) electrons. The number of carbonyl (C=O) groups is 1. The molecule has 1 heterocycles. The van der Waals surface area contributed by atoms with Crippen LogP contribution in [0, 0.1) is 17.8 Å². The summed E-state index contributed by atoms with van der Waals surface area (Å²) < 4.78 is 0. The van der Waals surface area contributed by atoms with E-state index in [1.165, 1.54) is 19.3 Å². The number of aromatic nitrogens is 1. The molecule has 1 amide bonds. The van der Waals surface area contributed by atoms with E-state index in [0.717, 1.165) is 30.0 Å². The van der Waals surface area contributed by atoms with E-state index in [1.54, 1.807) is 11.3 Å². The normalized spacial score (nSPS) is 30.2. The lowest BCUT2D eigenvalue weighted by Crippen LogP contribution is -2.49. The Labute approximate surface area is 149 Å². The summed E-state index contributed by atoms with van der Waals surface area (Å²) in [5.41, 5.74) is 7.56. The zero-order valence-electron chi connectivity index (χ0n) is 15.2. The van der Waals surface area contributed by atoms with Crippen molar-refractivity contribution < 1.29 is 4.79 Å². The quantitative estimate of drug-likeness (QED) is 0.877. The van der Waals surface area contributed by atoms with Crippen molar-refractivity contribution in [3.05, 3.63) is 16.1 Å². The molecule has 4 nitrogen and oxygen atoms in total. The highest BCUT2D eigenvalue weighted by molar-refractivity contribution is 7.09. The Bertz CT molecular complexity index is 563. The summed E-state index contributed by atoms with van der Waals surface area (Å²) in [6, 6.07) is 0.328. The average molecular weight is 350 g/mol. The summed E-state index contributed by atoms with van der Waals surface area (Å²) in [5.74, 6) is 1.51. The molecule has 2 atom stereocenters. The molecule has 0 spiro atoms. The molecule has 2 saturated carbocycles. The van der Waals surface area contributed by atoms with Crippen LogP contribution in [0.1, 0.15) is 63.6 Å². The third-order valence-electron chi connectivity index (χ3n) is 5.74. The predicted molar refractivity (Wildman–Crippen MR) is 99.1 cm³/mol. The van der Waals surface area contributed by atoms with Crippen LogP contribution in [0.2, 0.25) is 0 Å². The molecule has 2 unspecified atom stereocenters. The summed E-state index contributed by atoms with van der Waals surface area (Å²) in [6.07, 6.45) is 6.49. The molecule has 2 bridgehead atoms. The van der Waals surface area contributed by atoms with Crippen molar-refractivity contribution in [2.24, 2.45) is 23.5 Å². The molecule has 0 saturated heterocycles. The van der Waals surface area contributed by atoms with E-state index >= 15 is 0 Å². The van der Waals surface area contributed by atoms with Crippen molar-refractivity contribution >= 4 is 17.2 Å². The van der Waals surface area contributed by atoms with E-state index in [9.17, 15) is 4.79 Å². The van der Waals surface area contributed by atoms with Crippen LogP contribution in [0.25, 0.3) is 0 Å². The number of nitrogens with one attached hydrogen (secondary N) is 1. The molecule has 0 aromatic carbocycles. The largest absolute Gasteiger partial charge is 0.355 e. The first kappa shape index (κ1) is 17.9. The monoisotopic (exact) mass is 349 g/mol. The summed E-state index contributed by atoms with van der Waals surface area (Å²) in [5, 5.41) is 6.39. The van der Waals surface area contributed by atoms with Crippen LogP contribution < -0.4 is 11.1 Å². The molecular formula is C19H31N3OS. The molecular weight excluding hydrogens is 318 g/mol. The zero-order valence-corrected chi connectivity index (χ0v) is 16.0. The van der Waals surface area contributed by atoms with Crippen LogP contribution >= 0.6 is 11.3 Å². The average Bonchev–Trinajstić information content (AvgIpc) is 2.95. The fraction of sp³-hybridized carbons (Fsp3) is 0.789. The third-order valence-corrected chi connectivity index (χ3v) is 6.65. The van der Waals surface area contributed by atoms with Gasteiger partial charge in [0.15, 0.2) is 0 Å². The zero-order chi connectivity index (χ0) is 17.3. The minimum Gasteiger partial charge on any atom is -0.355 e. The van der Waals surface area contributed by atoms with Gasteiger partial charge in [-0.1, -0.05) is 27.2 Å². The van der Waals surface area contributed by atoms with Crippen molar-refractivity contribution in [1.29, 1.82) is 0 Å². The van der Waals surface area contributed by atoms with E-state index < -0.39 is 0 Å². The van der Waals surface area contributed by atoms with Gasteiger partial charge in [-0.2, -0.15) is 0 Å². The standard InChI is InChI=1S/C19H31N3OS/c1-19(2,3)15-11-24-16(22-15)7-8-21-18(23)14-9-12-5-4-6-13(10-14)17(12)20/h11-14,17H,4-10,20H2,1-3H3,(H,21,23). The molecule has 5 heteroatoms. The van der Waals surface area contributed by atoms with E-state index in [2.05, 4.69) is 31.5 Å². The van der Waals surface area contributed by atoms with Gasteiger partial charge in [0.1, 0.15) is 0 Å². The van der Waals surface area contributed by atoms with Crippen molar-refractivity contribution in [2.75, 3.05) is 6.54 Å². The fourth-order valence-electron chi connectivity index (χ4n) is 4.21. The number of thiazole rings is 1. The van der Waals surface area contributed by atoms with E-state index in [-0.39, 0.29) is 17.2 Å². The van der Waals surface area contributed by atoms with Crippen LogP contribution in [-0.4, -0.2) is 23.5 Å². The number of hydrogen-bond donors (Lipinski definition) is 2. The summed E-state index contributed by atoms with van der Waals surface area (Å²) in [7, 11) is 0. The number of fused-ring (bicyclic) bond motifs is 2. The number of hydrogen-bond acceptors (Lipinski definition) is 4. The molecule has 2 fully saturated rings. The van der Waals surface area contributed by atoms with E-state index in [1.807, 2.05) is 0 Å². The SMILES string of the molecule is CC(C)(C)c1csc(CCNC(=O)C2CC3CCCC(C2)C3N)n1. The maximum absolute atomic E-state index is 12.5. The molecule has 3 N–H and O–H groups in total. The number of amides is 1. The number of carbonyl (C=O) groups excluding carboxylic acids is 1. The first-order valence-corrected chi connectivity index (χ1v) is 10.2. The summed E-state index contributed by atoms with van der Waals surface area (Å²) in [6.45, 7) is 7.22. The van der Waals surface area contributed by atoms with Crippen LogP contribution in [0.4, 0.5) is 0 Å². The molecule has 134 valence electrons. The van der Waals surface area contributed by atoms with Gasteiger partial charge in [0.25, 0.3) is 0 Å². The van der Waals surface area contributed by atoms with Gasteiger partial charge in [-0.15, -0.1) is 11.3 Å². The Morgan fingerprint density at radius 1 is 1.33 bits per heavy atom. The maximum atomic E-state index is 12.5. The Kier molecular flexibility index (Phi) is 5.30. The molecule has 1 aromatic heterocycles. The van der Waals surface area contributed by atoms with Crippen molar-refractivity contribution in [3.8, 4) is 0 Å². The molecule has 1 aromatic rings. The number of rotatable bonds is 4. The Morgan fingerprint density at radius 3 is 2.58 bits per heavy atom. The molecule has 24 heavy (non-hydrogen) atoms. The van der Waals surface area contributed by atoms with Crippen LogP contribution in [0.3, 0.4) is 0 Å². The number of nitrogens with two attached hydrogens (primary N) is 1. The second kappa shape index (κ2) is 7.12. The molecule has 2 aliphatic rings. The highest BCUT2D eigenvalue weighted by atomic mass is 32.1. The fourth-order valence-corrected chi connectivity index (χ4v) is 5.24. The van der Waals surface area contributed by atoms with Crippen LogP contribution in [0.15, 0.2) is 5.38 Å². The lowest BCUT2D eigenvalue weighted by molar-refractivity contribution is -0.127. The highest BCUT2D eigenvalue weighted by Crippen LogP contribution is 2.41. The summed E-state index contributed by atoms with van der Waals surface area (Å²) >= 11 is 1.70. The minimum absolute atomic E-state index is 0.0939. The Hall–Kier alpha value is -0.940. The Balaban J connectivity index is 1.47. The second-order valence-electron chi connectivity index (χ2n) is 8.61. The number of nitrogens with zero attached hydrogens (tertiary/aromatic N) is 1. The minimum atomic E-state index is 0.0939. The van der Waals surface area contributed by atoms with Gasteiger partial charge in [-0.05, 0) is 37.5 Å².